The Morgan fingerprint density at radius 2 is 2.22 bits per heavy atom. The molecule has 2 heteroatoms. The molecule has 0 atom stereocenters. The van der Waals surface area contributed by atoms with Gasteiger partial charge >= 0.3 is 0 Å². The van der Waals surface area contributed by atoms with Crippen molar-refractivity contribution in [3.8, 4) is 5.75 Å². The first kappa shape index (κ1) is 6.86. The molecule has 0 heterocycles. The molecule has 0 saturated heterocycles. The molecule has 0 spiro atoms. The van der Waals surface area contributed by atoms with Crippen LogP contribution in [0.3, 0.4) is 0 Å². The number of ether oxygens (including phenoxy) is 1. The fraction of sp³-hybridized carbons (Fsp3) is 0.143. The van der Waals surface area contributed by atoms with Crippen molar-refractivity contribution in [2.45, 2.75) is 0 Å². The summed E-state index contributed by atoms with van der Waals surface area (Å²) in [6.07, 6.45) is 0. The summed E-state index contributed by atoms with van der Waals surface area (Å²) >= 11 is 2.25. The van der Waals surface area contributed by atoms with E-state index in [-0.39, 0.29) is 0 Å². The minimum Gasteiger partial charge on any atom is -0.497 e. The van der Waals surface area contributed by atoms with Crippen LogP contribution in [0.5, 0.6) is 5.75 Å². The first-order valence-corrected chi connectivity index (χ1v) is 3.70. The van der Waals surface area contributed by atoms with Crippen LogP contribution in [0.1, 0.15) is 0 Å². The summed E-state index contributed by atoms with van der Waals surface area (Å²) in [5.74, 6) is 0.918. The minimum absolute atomic E-state index is 0.918. The molecule has 0 radical (unpaired) electrons. The Balaban J connectivity index is 2.94. The van der Waals surface area contributed by atoms with Crippen LogP contribution in [0.2, 0.25) is 0 Å². The summed E-state index contributed by atoms with van der Waals surface area (Å²) in [4.78, 5) is 0. The third kappa shape index (κ3) is 1.86. The largest absolute Gasteiger partial charge is 0.497 e. The predicted molar refractivity (Wildman–Crippen MR) is 45.7 cm³/mol. The van der Waals surface area contributed by atoms with E-state index >= 15 is 0 Å². The molecule has 0 aliphatic rings. The van der Waals surface area contributed by atoms with Gasteiger partial charge in [0.05, 0.1) is 7.11 Å². The number of methoxy groups -OCH3 is 1. The van der Waals surface area contributed by atoms with Gasteiger partial charge in [-0.15, -0.1) is 0 Å². The lowest BCUT2D eigenvalue weighted by Gasteiger charge is -1.96. The second-order valence-electron chi connectivity index (χ2n) is 1.66. The van der Waals surface area contributed by atoms with Gasteiger partial charge in [-0.25, -0.2) is 0 Å². The molecule has 0 unspecified atom stereocenters. The van der Waals surface area contributed by atoms with Crippen molar-refractivity contribution < 1.29 is 4.74 Å². The van der Waals surface area contributed by atoms with Crippen LogP contribution in [-0.2, 0) is 0 Å². The van der Waals surface area contributed by atoms with Gasteiger partial charge in [-0.2, -0.15) is 0 Å². The summed E-state index contributed by atoms with van der Waals surface area (Å²) < 4.78 is 6.19. The number of benzene rings is 1. The highest BCUT2D eigenvalue weighted by Crippen LogP contribution is 2.13. The van der Waals surface area contributed by atoms with Gasteiger partial charge in [-0.05, 0) is 40.8 Å². The number of rotatable bonds is 1. The maximum absolute atomic E-state index is 4.99. The van der Waals surface area contributed by atoms with E-state index in [1.165, 1.54) is 3.57 Å². The van der Waals surface area contributed by atoms with Crippen molar-refractivity contribution in [2.24, 2.45) is 0 Å². The van der Waals surface area contributed by atoms with Crippen molar-refractivity contribution in [1.29, 1.82) is 0 Å². The van der Waals surface area contributed by atoms with Gasteiger partial charge in [0, 0.05) is 3.57 Å². The van der Waals surface area contributed by atoms with Gasteiger partial charge in [0.2, 0.25) is 0 Å². The average Bonchev–Trinajstić information content (AvgIpc) is 1.88. The second kappa shape index (κ2) is 3.06. The molecule has 0 amide bonds. The van der Waals surface area contributed by atoms with Crippen molar-refractivity contribution in [3.05, 3.63) is 27.8 Å². The van der Waals surface area contributed by atoms with Crippen LogP contribution in [0.15, 0.2) is 24.3 Å². The van der Waals surface area contributed by atoms with E-state index in [1.807, 2.05) is 24.3 Å². The van der Waals surface area contributed by atoms with E-state index in [1.54, 1.807) is 7.11 Å². The third-order valence-corrected chi connectivity index (χ3v) is 1.70. The maximum Gasteiger partial charge on any atom is 0.119 e. The fourth-order valence-corrected chi connectivity index (χ4v) is 1.11. The van der Waals surface area contributed by atoms with Gasteiger partial charge in [0.15, 0.2) is 0 Å². The molecule has 0 bridgehead atoms. The molecule has 0 aliphatic carbocycles. The Bertz CT molecular complexity index is 198. The first-order valence-electron chi connectivity index (χ1n) is 2.62. The number of hydrogen-bond acceptors (Lipinski definition) is 1. The summed E-state index contributed by atoms with van der Waals surface area (Å²) in [5.41, 5.74) is 0. The van der Waals surface area contributed by atoms with E-state index in [0.29, 0.717) is 0 Å². The molecule has 9 heavy (non-hydrogen) atoms. The standard InChI is InChI=1S/C7H7IO/c1-9-7-4-2-3-6(8)5-7/h2-5H,1H3/i2+1,3+1,4+1,5+1,6+1,7+1. The molecule has 1 nitrogen and oxygen atoms in total. The van der Waals surface area contributed by atoms with Crippen LogP contribution in [0, 0.1) is 3.57 Å². The van der Waals surface area contributed by atoms with Gasteiger partial charge in [-0.3, -0.25) is 0 Å². The summed E-state index contributed by atoms with van der Waals surface area (Å²) in [6, 6.07) is 7.92. The van der Waals surface area contributed by atoms with Crippen LogP contribution in [0.4, 0.5) is 0 Å². The van der Waals surface area contributed by atoms with Crippen molar-refractivity contribution in [3.63, 3.8) is 0 Å². The molecule has 1 aromatic rings. The summed E-state index contributed by atoms with van der Waals surface area (Å²) in [7, 11) is 1.67. The Morgan fingerprint density at radius 3 is 2.67 bits per heavy atom. The minimum atomic E-state index is 0.918. The molecule has 0 saturated carbocycles. The highest BCUT2D eigenvalue weighted by Gasteiger charge is 1.88. The van der Waals surface area contributed by atoms with Gasteiger partial charge in [-0.1, -0.05) is 6.07 Å². The molecular weight excluding hydrogens is 233 g/mol. The molecule has 0 fully saturated rings. The highest BCUT2D eigenvalue weighted by molar-refractivity contribution is 14.1. The fourth-order valence-electron chi connectivity index (χ4n) is 0.594. The van der Waals surface area contributed by atoms with Crippen LogP contribution in [-0.4, -0.2) is 7.11 Å². The first-order chi connectivity index (χ1) is 4.33. The Morgan fingerprint density at radius 1 is 1.44 bits per heavy atom. The lowest BCUT2D eigenvalue weighted by Crippen LogP contribution is -1.81. The van der Waals surface area contributed by atoms with Crippen LogP contribution >= 0.6 is 22.6 Å². The Labute approximate surface area is 68.2 Å². The highest BCUT2D eigenvalue weighted by atomic mass is 127. The molecule has 0 N–H and O–H groups in total. The van der Waals surface area contributed by atoms with E-state index in [2.05, 4.69) is 22.6 Å². The average molecular weight is 240 g/mol. The summed E-state index contributed by atoms with van der Waals surface area (Å²) in [5, 5.41) is 0. The summed E-state index contributed by atoms with van der Waals surface area (Å²) in [6.45, 7) is 0. The maximum atomic E-state index is 4.99. The van der Waals surface area contributed by atoms with Crippen LogP contribution < -0.4 is 4.74 Å². The lowest BCUT2D eigenvalue weighted by atomic mass is 11.3. The monoisotopic (exact) mass is 240 g/mol. The zero-order chi connectivity index (χ0) is 6.69. The number of halogens is 1. The molecular formula is C7H7IO. The van der Waals surface area contributed by atoms with E-state index < -0.39 is 0 Å². The van der Waals surface area contributed by atoms with Gasteiger partial charge in [0.1, 0.15) is 5.75 Å². The van der Waals surface area contributed by atoms with E-state index in [9.17, 15) is 0 Å². The predicted octanol–water partition coefficient (Wildman–Crippen LogP) is 2.30. The van der Waals surface area contributed by atoms with Gasteiger partial charge < -0.3 is 4.74 Å². The molecule has 1 aromatic carbocycles. The molecule has 48 valence electrons. The van der Waals surface area contributed by atoms with E-state index in [4.69, 9.17) is 4.74 Å². The van der Waals surface area contributed by atoms with Crippen LogP contribution in [0.25, 0.3) is 0 Å². The zero-order valence-electron chi connectivity index (χ0n) is 5.10. The Hall–Kier alpha value is -0.250. The number of hydrogen-bond donors (Lipinski definition) is 0. The topological polar surface area (TPSA) is 9.23 Å². The molecule has 0 aromatic heterocycles. The second-order valence-corrected chi connectivity index (χ2v) is 2.91. The van der Waals surface area contributed by atoms with Crippen molar-refractivity contribution in [2.75, 3.05) is 7.11 Å². The zero-order valence-corrected chi connectivity index (χ0v) is 7.25. The quantitative estimate of drug-likeness (QED) is 0.684. The van der Waals surface area contributed by atoms with Crippen molar-refractivity contribution in [1.82, 2.24) is 0 Å². The smallest absolute Gasteiger partial charge is 0.119 e. The SMILES string of the molecule is CO[13c]1[13cH][13cH][13cH][13c](I)[13cH]1. The normalized spacial score (nSPS) is 9.11. The van der Waals surface area contributed by atoms with Crippen molar-refractivity contribution >= 4 is 22.6 Å². The third-order valence-electron chi connectivity index (χ3n) is 1.03. The molecule has 0 aliphatic heterocycles. The van der Waals surface area contributed by atoms with E-state index in [0.717, 1.165) is 5.75 Å². The Kier molecular flexibility index (Phi) is 2.33. The lowest BCUT2D eigenvalue weighted by molar-refractivity contribution is 0.414. The molecule has 1 rings (SSSR count). The van der Waals surface area contributed by atoms with Gasteiger partial charge in [0.25, 0.3) is 0 Å².